The zero-order chi connectivity index (χ0) is 19.5. The van der Waals surface area contributed by atoms with E-state index >= 15 is 0 Å². The molecule has 1 heterocycles. The van der Waals surface area contributed by atoms with Crippen LogP contribution in [0.3, 0.4) is 0 Å². The molecule has 0 aliphatic carbocycles. The van der Waals surface area contributed by atoms with Crippen LogP contribution >= 0.6 is 0 Å². The summed E-state index contributed by atoms with van der Waals surface area (Å²) in [6.07, 6.45) is -3.56. The van der Waals surface area contributed by atoms with Crippen molar-refractivity contribution >= 4 is 17.8 Å². The average molecular weight is 372 g/mol. The Morgan fingerprint density at radius 3 is 2.69 bits per heavy atom. The normalized spacial score (nSPS) is 19.2. The number of halogens is 3. The maximum absolute atomic E-state index is 12.8. The smallest absolute Gasteiger partial charge is 0.416 e. The lowest BCUT2D eigenvalue weighted by molar-refractivity contribution is -0.148. The van der Waals surface area contributed by atoms with Gasteiger partial charge in [0.05, 0.1) is 5.56 Å². The van der Waals surface area contributed by atoms with Crippen molar-refractivity contribution < 1.29 is 32.7 Å². The Labute approximate surface area is 148 Å². The summed E-state index contributed by atoms with van der Waals surface area (Å²) in [7, 11) is 0. The fourth-order valence-corrected chi connectivity index (χ4v) is 2.71. The Hall–Kier alpha value is -2.58. The number of carboxylic acid groups (broad SMARTS) is 1. The van der Waals surface area contributed by atoms with E-state index in [1.54, 1.807) is 0 Å². The van der Waals surface area contributed by atoms with Crippen LogP contribution in [0.2, 0.25) is 0 Å². The minimum Gasteiger partial charge on any atom is -0.481 e. The summed E-state index contributed by atoms with van der Waals surface area (Å²) in [4.78, 5) is 36.5. The molecule has 1 aliphatic heterocycles. The number of hydrogen-bond donors (Lipinski definition) is 2. The van der Waals surface area contributed by atoms with Crippen molar-refractivity contribution in [1.29, 1.82) is 0 Å². The number of alkyl halides is 3. The first kappa shape index (κ1) is 19.7. The fourth-order valence-electron chi connectivity index (χ4n) is 2.71. The minimum absolute atomic E-state index is 0.0103. The summed E-state index contributed by atoms with van der Waals surface area (Å²) in [5.74, 6) is -3.79. The Morgan fingerprint density at radius 1 is 1.38 bits per heavy atom. The van der Waals surface area contributed by atoms with E-state index in [9.17, 15) is 27.6 Å². The van der Waals surface area contributed by atoms with Crippen molar-refractivity contribution in [2.75, 3.05) is 6.54 Å². The summed E-state index contributed by atoms with van der Waals surface area (Å²) in [6.45, 7) is 1.56. The molecule has 1 saturated heterocycles. The molecule has 1 aromatic carbocycles. The number of likely N-dealkylation sites (tertiary alicyclic amines) is 1. The Morgan fingerprint density at radius 2 is 2.08 bits per heavy atom. The van der Waals surface area contributed by atoms with E-state index in [0.717, 1.165) is 12.1 Å². The molecule has 2 N–H and O–H groups in total. The van der Waals surface area contributed by atoms with Crippen molar-refractivity contribution in [2.24, 2.45) is 5.92 Å². The molecular weight excluding hydrogens is 353 g/mol. The Balaban J connectivity index is 2.06. The van der Waals surface area contributed by atoms with Gasteiger partial charge >= 0.3 is 12.1 Å². The van der Waals surface area contributed by atoms with Gasteiger partial charge in [0.1, 0.15) is 12.0 Å². The van der Waals surface area contributed by atoms with E-state index in [-0.39, 0.29) is 6.54 Å². The van der Waals surface area contributed by atoms with Crippen LogP contribution in [0.4, 0.5) is 13.2 Å². The van der Waals surface area contributed by atoms with Crippen molar-refractivity contribution in [1.82, 2.24) is 10.2 Å². The molecule has 2 atom stereocenters. The van der Waals surface area contributed by atoms with E-state index < -0.39 is 41.5 Å². The van der Waals surface area contributed by atoms with Crippen LogP contribution in [0.15, 0.2) is 24.3 Å². The van der Waals surface area contributed by atoms with E-state index in [4.69, 9.17) is 5.11 Å². The Bertz CT molecular complexity index is 705. The highest BCUT2D eigenvalue weighted by Crippen LogP contribution is 2.30. The lowest BCUT2D eigenvalue weighted by Gasteiger charge is -2.33. The first-order valence-electron chi connectivity index (χ1n) is 8.07. The van der Waals surface area contributed by atoms with Gasteiger partial charge < -0.3 is 15.3 Å². The average Bonchev–Trinajstić information content (AvgIpc) is 2.57. The third-order valence-electron chi connectivity index (χ3n) is 4.24. The van der Waals surface area contributed by atoms with Crippen LogP contribution in [-0.2, 0) is 27.1 Å². The monoisotopic (exact) mass is 372 g/mol. The van der Waals surface area contributed by atoms with Crippen LogP contribution < -0.4 is 5.32 Å². The topological polar surface area (TPSA) is 86.7 Å². The zero-order valence-electron chi connectivity index (χ0n) is 14.0. The van der Waals surface area contributed by atoms with Gasteiger partial charge in [-0.05, 0) is 37.5 Å². The van der Waals surface area contributed by atoms with Gasteiger partial charge in [0.15, 0.2) is 0 Å². The predicted molar refractivity (Wildman–Crippen MR) is 84.8 cm³/mol. The quantitative estimate of drug-likeness (QED) is 0.775. The third-order valence-corrected chi connectivity index (χ3v) is 4.24. The molecule has 2 amide bonds. The van der Waals surface area contributed by atoms with Crippen molar-refractivity contribution in [2.45, 2.75) is 38.5 Å². The van der Waals surface area contributed by atoms with Gasteiger partial charge in [-0.3, -0.25) is 14.4 Å². The van der Waals surface area contributed by atoms with Crippen molar-refractivity contribution in [3.8, 4) is 0 Å². The van der Waals surface area contributed by atoms with Gasteiger partial charge in [-0.1, -0.05) is 12.1 Å². The second-order valence-corrected chi connectivity index (χ2v) is 6.22. The van der Waals surface area contributed by atoms with Gasteiger partial charge in [0.25, 0.3) is 0 Å². The second kappa shape index (κ2) is 7.76. The molecule has 0 aromatic heterocycles. The van der Waals surface area contributed by atoms with Crippen LogP contribution in [0, 0.1) is 5.92 Å². The number of hydrogen-bond acceptors (Lipinski definition) is 3. The highest BCUT2D eigenvalue weighted by Gasteiger charge is 2.33. The fraction of sp³-hybridized carbons (Fsp3) is 0.471. The standard InChI is InChI=1S/C17H19F3N2O4/c1-10(16(25)26)14(23)21-13-6-3-7-22(15(13)24)9-11-4-2-5-12(8-11)17(18,19)20/h2,4-5,8,10,13H,3,6-7,9H2,1H3,(H,21,23)(H,25,26). The largest absolute Gasteiger partial charge is 0.481 e. The molecule has 1 aromatic rings. The number of carbonyl (C=O) groups excluding carboxylic acids is 2. The van der Waals surface area contributed by atoms with Crippen LogP contribution in [0.1, 0.15) is 30.9 Å². The van der Waals surface area contributed by atoms with E-state index in [2.05, 4.69) is 5.32 Å². The summed E-state index contributed by atoms with van der Waals surface area (Å²) in [6, 6.07) is 3.85. The van der Waals surface area contributed by atoms with E-state index in [0.29, 0.717) is 24.9 Å². The number of aliphatic carboxylic acids is 1. The van der Waals surface area contributed by atoms with Crippen molar-refractivity contribution in [3.63, 3.8) is 0 Å². The van der Waals surface area contributed by atoms with Crippen molar-refractivity contribution in [3.05, 3.63) is 35.4 Å². The molecule has 0 saturated carbocycles. The number of benzene rings is 1. The van der Waals surface area contributed by atoms with Crippen LogP contribution in [0.5, 0.6) is 0 Å². The lowest BCUT2D eigenvalue weighted by atomic mass is 10.0. The van der Waals surface area contributed by atoms with Gasteiger partial charge in [-0.15, -0.1) is 0 Å². The third kappa shape index (κ3) is 4.74. The zero-order valence-corrected chi connectivity index (χ0v) is 14.0. The number of nitrogens with one attached hydrogen (secondary N) is 1. The number of piperidine rings is 1. The molecule has 26 heavy (non-hydrogen) atoms. The lowest BCUT2D eigenvalue weighted by Crippen LogP contribution is -2.53. The maximum atomic E-state index is 12.8. The molecule has 9 heteroatoms. The summed E-state index contributed by atoms with van der Waals surface area (Å²) in [5, 5.41) is 11.2. The molecule has 0 radical (unpaired) electrons. The van der Waals surface area contributed by atoms with E-state index in [1.165, 1.54) is 24.0 Å². The molecule has 1 aliphatic rings. The molecule has 142 valence electrons. The first-order chi connectivity index (χ1) is 12.1. The maximum Gasteiger partial charge on any atom is 0.416 e. The highest BCUT2D eigenvalue weighted by molar-refractivity contribution is 5.98. The van der Waals surface area contributed by atoms with Gasteiger partial charge in [-0.25, -0.2) is 0 Å². The van der Waals surface area contributed by atoms with Gasteiger partial charge in [-0.2, -0.15) is 13.2 Å². The summed E-state index contributed by atoms with van der Waals surface area (Å²) in [5.41, 5.74) is -0.460. The number of rotatable bonds is 5. The van der Waals surface area contributed by atoms with Crippen LogP contribution in [-0.4, -0.2) is 40.4 Å². The molecule has 2 unspecified atom stereocenters. The van der Waals surface area contributed by atoms with E-state index in [1.807, 2.05) is 0 Å². The number of amides is 2. The van der Waals surface area contributed by atoms with Crippen LogP contribution in [0.25, 0.3) is 0 Å². The highest BCUT2D eigenvalue weighted by atomic mass is 19.4. The second-order valence-electron chi connectivity index (χ2n) is 6.22. The molecule has 0 spiro atoms. The SMILES string of the molecule is CC(C(=O)O)C(=O)NC1CCCN(Cc2cccc(C(F)(F)F)c2)C1=O. The molecular formula is C17H19F3N2O4. The molecule has 1 fully saturated rings. The predicted octanol–water partition coefficient (Wildman–Crippen LogP) is 2.03. The summed E-state index contributed by atoms with van der Waals surface area (Å²) < 4.78 is 38.4. The van der Waals surface area contributed by atoms with Gasteiger partial charge in [0, 0.05) is 13.1 Å². The number of nitrogens with zero attached hydrogens (tertiary/aromatic N) is 1. The van der Waals surface area contributed by atoms with Gasteiger partial charge in [0.2, 0.25) is 11.8 Å². The molecule has 0 bridgehead atoms. The number of carbonyl (C=O) groups is 3. The minimum atomic E-state index is -4.47. The Kier molecular flexibility index (Phi) is 5.89. The molecule has 2 rings (SSSR count). The summed E-state index contributed by atoms with van der Waals surface area (Å²) >= 11 is 0. The molecule has 6 nitrogen and oxygen atoms in total. The first-order valence-corrected chi connectivity index (χ1v) is 8.07. The number of carboxylic acids is 1.